The van der Waals surface area contributed by atoms with Crippen LogP contribution in [0.1, 0.15) is 35.2 Å². The summed E-state index contributed by atoms with van der Waals surface area (Å²) in [4.78, 5) is 12.1. The van der Waals surface area contributed by atoms with E-state index in [-0.39, 0.29) is 17.3 Å². The molecule has 2 rings (SSSR count). The third-order valence-corrected chi connectivity index (χ3v) is 4.33. The second kappa shape index (κ2) is 5.40. The molecular weight excluding hydrogens is 302 g/mol. The fraction of sp³-hybridized carbons (Fsp3) is 0.462. The van der Waals surface area contributed by atoms with Crippen LogP contribution in [-0.2, 0) is 0 Å². The lowest BCUT2D eigenvalue weighted by Crippen LogP contribution is -2.38. The van der Waals surface area contributed by atoms with E-state index in [2.05, 4.69) is 21.2 Å². The Morgan fingerprint density at radius 3 is 2.88 bits per heavy atom. The zero-order valence-electron chi connectivity index (χ0n) is 9.67. The van der Waals surface area contributed by atoms with E-state index in [9.17, 15) is 4.79 Å². The van der Waals surface area contributed by atoms with Gasteiger partial charge < -0.3 is 5.32 Å². The van der Waals surface area contributed by atoms with E-state index in [0.29, 0.717) is 5.56 Å². The summed E-state index contributed by atoms with van der Waals surface area (Å²) in [5, 5.41) is 3.08. The first-order valence-electron chi connectivity index (χ1n) is 5.79. The van der Waals surface area contributed by atoms with Crippen LogP contribution in [0.3, 0.4) is 0 Å². The molecule has 0 saturated heterocycles. The second-order valence-corrected chi connectivity index (χ2v) is 5.93. The van der Waals surface area contributed by atoms with Crippen molar-refractivity contribution in [2.75, 3.05) is 0 Å². The minimum absolute atomic E-state index is 0.0434. The number of hydrogen-bond acceptors (Lipinski definition) is 1. The van der Waals surface area contributed by atoms with Gasteiger partial charge in [0.1, 0.15) is 0 Å². The molecule has 1 amide bonds. The van der Waals surface area contributed by atoms with Gasteiger partial charge in [-0.25, -0.2) is 0 Å². The minimum atomic E-state index is -0.0434. The van der Waals surface area contributed by atoms with E-state index in [1.807, 2.05) is 25.1 Å². The maximum Gasteiger partial charge on any atom is 0.252 e. The number of carbonyl (C=O) groups excluding carboxylic acids is 1. The molecular formula is C13H15BrClNO. The zero-order chi connectivity index (χ0) is 12.4. The summed E-state index contributed by atoms with van der Waals surface area (Å²) in [6, 6.07) is 5.87. The first kappa shape index (κ1) is 12.9. The van der Waals surface area contributed by atoms with Crippen molar-refractivity contribution >= 4 is 33.4 Å². The summed E-state index contributed by atoms with van der Waals surface area (Å²) in [7, 11) is 0. The predicted octanol–water partition coefficient (Wildman–Crippen LogP) is 3.65. The van der Waals surface area contributed by atoms with Gasteiger partial charge in [-0.05, 0) is 54.2 Å². The van der Waals surface area contributed by atoms with Gasteiger partial charge in [0.25, 0.3) is 5.91 Å². The molecule has 0 bridgehead atoms. The average molecular weight is 317 g/mol. The lowest BCUT2D eigenvalue weighted by molar-refractivity contribution is 0.0937. The minimum Gasteiger partial charge on any atom is -0.348 e. The highest BCUT2D eigenvalue weighted by Gasteiger charge is 2.27. The topological polar surface area (TPSA) is 29.1 Å². The molecule has 0 aromatic heterocycles. The monoisotopic (exact) mass is 315 g/mol. The molecule has 2 unspecified atom stereocenters. The van der Waals surface area contributed by atoms with Crippen molar-refractivity contribution in [1.29, 1.82) is 0 Å². The first-order chi connectivity index (χ1) is 8.08. The zero-order valence-corrected chi connectivity index (χ0v) is 12.0. The Morgan fingerprint density at radius 2 is 2.24 bits per heavy atom. The number of rotatable bonds is 2. The van der Waals surface area contributed by atoms with Gasteiger partial charge in [-0.3, -0.25) is 4.79 Å². The van der Waals surface area contributed by atoms with Crippen molar-refractivity contribution in [1.82, 2.24) is 5.32 Å². The fourth-order valence-electron chi connectivity index (χ4n) is 2.14. The van der Waals surface area contributed by atoms with Gasteiger partial charge in [0.15, 0.2) is 0 Å². The fourth-order valence-corrected chi connectivity index (χ4v) is 2.91. The number of aryl methyl sites for hydroxylation is 1. The molecule has 17 heavy (non-hydrogen) atoms. The van der Waals surface area contributed by atoms with E-state index in [4.69, 9.17) is 11.6 Å². The SMILES string of the molecule is Cc1ccc(Br)c(C(=O)NC2CCCC2Cl)c1. The third kappa shape index (κ3) is 3.02. The van der Waals surface area contributed by atoms with E-state index in [1.54, 1.807) is 0 Å². The molecule has 1 N–H and O–H groups in total. The summed E-state index contributed by atoms with van der Waals surface area (Å²) in [6.07, 6.45) is 3.05. The van der Waals surface area contributed by atoms with E-state index < -0.39 is 0 Å². The van der Waals surface area contributed by atoms with Crippen LogP contribution < -0.4 is 5.32 Å². The summed E-state index contributed by atoms with van der Waals surface area (Å²) in [5.74, 6) is -0.0434. The Balaban J connectivity index is 2.11. The number of nitrogens with one attached hydrogen (secondary N) is 1. The smallest absolute Gasteiger partial charge is 0.252 e. The Kier molecular flexibility index (Phi) is 4.10. The van der Waals surface area contributed by atoms with Gasteiger partial charge in [-0.15, -0.1) is 11.6 Å². The average Bonchev–Trinajstić information content (AvgIpc) is 2.68. The van der Waals surface area contributed by atoms with Gasteiger partial charge in [0.05, 0.1) is 10.9 Å². The normalized spacial score (nSPS) is 23.7. The van der Waals surface area contributed by atoms with E-state index >= 15 is 0 Å². The summed E-state index contributed by atoms with van der Waals surface area (Å²) in [6.45, 7) is 1.98. The van der Waals surface area contributed by atoms with Crippen molar-refractivity contribution in [3.63, 3.8) is 0 Å². The highest BCUT2D eigenvalue weighted by Crippen LogP contribution is 2.25. The Labute approximate surface area is 115 Å². The van der Waals surface area contributed by atoms with Crippen LogP contribution in [0.5, 0.6) is 0 Å². The molecule has 2 nitrogen and oxygen atoms in total. The Hall–Kier alpha value is -0.540. The van der Waals surface area contributed by atoms with Gasteiger partial charge in [0, 0.05) is 10.5 Å². The number of carbonyl (C=O) groups is 1. The highest BCUT2D eigenvalue weighted by atomic mass is 79.9. The summed E-state index contributed by atoms with van der Waals surface area (Å²) in [5.41, 5.74) is 1.76. The van der Waals surface area contributed by atoms with Crippen molar-refractivity contribution < 1.29 is 4.79 Å². The lowest BCUT2D eigenvalue weighted by atomic mass is 10.1. The molecule has 4 heteroatoms. The largest absolute Gasteiger partial charge is 0.348 e. The van der Waals surface area contributed by atoms with Crippen LogP contribution in [0.4, 0.5) is 0 Å². The number of amides is 1. The van der Waals surface area contributed by atoms with E-state index in [0.717, 1.165) is 29.3 Å². The van der Waals surface area contributed by atoms with Crippen LogP contribution in [0.25, 0.3) is 0 Å². The molecule has 0 heterocycles. The first-order valence-corrected chi connectivity index (χ1v) is 7.02. The quantitative estimate of drug-likeness (QED) is 0.829. The highest BCUT2D eigenvalue weighted by molar-refractivity contribution is 9.10. The molecule has 1 saturated carbocycles. The van der Waals surface area contributed by atoms with Gasteiger partial charge >= 0.3 is 0 Å². The molecule has 2 atom stereocenters. The van der Waals surface area contributed by atoms with Crippen molar-refractivity contribution in [3.8, 4) is 0 Å². The number of halogens is 2. The predicted molar refractivity (Wildman–Crippen MR) is 73.6 cm³/mol. The van der Waals surface area contributed by atoms with Crippen molar-refractivity contribution in [2.24, 2.45) is 0 Å². The second-order valence-electron chi connectivity index (χ2n) is 4.51. The van der Waals surface area contributed by atoms with Crippen molar-refractivity contribution in [3.05, 3.63) is 33.8 Å². The molecule has 1 aromatic carbocycles. The van der Waals surface area contributed by atoms with Gasteiger partial charge in [-0.2, -0.15) is 0 Å². The summed E-state index contributed by atoms with van der Waals surface area (Å²) >= 11 is 9.56. The molecule has 0 aliphatic heterocycles. The lowest BCUT2D eigenvalue weighted by Gasteiger charge is -2.16. The molecule has 1 aromatic rings. The molecule has 1 aliphatic rings. The number of benzene rings is 1. The standard InChI is InChI=1S/C13H15BrClNO/c1-8-5-6-10(14)9(7-8)13(17)16-12-4-2-3-11(12)15/h5-7,11-12H,2-4H2,1H3,(H,16,17). The van der Waals surface area contributed by atoms with Crippen LogP contribution in [0, 0.1) is 6.92 Å². The van der Waals surface area contributed by atoms with Crippen molar-refractivity contribution in [2.45, 2.75) is 37.6 Å². The van der Waals surface area contributed by atoms with Gasteiger partial charge in [-0.1, -0.05) is 11.6 Å². The van der Waals surface area contributed by atoms with Crippen LogP contribution >= 0.6 is 27.5 Å². The maximum atomic E-state index is 12.1. The summed E-state index contributed by atoms with van der Waals surface area (Å²) < 4.78 is 0.824. The molecule has 1 fully saturated rings. The van der Waals surface area contributed by atoms with Crippen LogP contribution in [0.2, 0.25) is 0 Å². The Bertz CT molecular complexity index is 435. The third-order valence-electron chi connectivity index (χ3n) is 3.11. The van der Waals surface area contributed by atoms with Crippen LogP contribution in [0.15, 0.2) is 22.7 Å². The number of hydrogen-bond donors (Lipinski definition) is 1. The molecule has 1 aliphatic carbocycles. The van der Waals surface area contributed by atoms with Crippen LogP contribution in [-0.4, -0.2) is 17.3 Å². The molecule has 0 radical (unpaired) electrons. The number of alkyl halides is 1. The Morgan fingerprint density at radius 1 is 1.47 bits per heavy atom. The maximum absolute atomic E-state index is 12.1. The van der Waals surface area contributed by atoms with Gasteiger partial charge in [0.2, 0.25) is 0 Å². The molecule has 0 spiro atoms. The molecule has 92 valence electrons. The van der Waals surface area contributed by atoms with E-state index in [1.165, 1.54) is 0 Å².